The van der Waals surface area contributed by atoms with Crippen LogP contribution in [0.15, 0.2) is 23.4 Å². The average Bonchev–Trinajstić information content (AvgIpc) is 3.01. The van der Waals surface area contributed by atoms with E-state index >= 15 is 0 Å². The number of hydrogen-bond acceptors (Lipinski definition) is 8. The molecule has 1 fully saturated rings. The molecule has 1 aliphatic carbocycles. The quantitative estimate of drug-likeness (QED) is 0.263. The van der Waals surface area contributed by atoms with E-state index in [1.807, 2.05) is 6.07 Å². The number of nitriles is 1. The van der Waals surface area contributed by atoms with Gasteiger partial charge in [-0.2, -0.15) is 31.9 Å². The molecule has 3 rings (SSSR count). The summed E-state index contributed by atoms with van der Waals surface area (Å²) in [6, 6.07) is 4.56. The van der Waals surface area contributed by atoms with Crippen LogP contribution in [0.1, 0.15) is 24.8 Å². The van der Waals surface area contributed by atoms with E-state index in [2.05, 4.69) is 14.3 Å². The largest absolute Gasteiger partial charge is 0.534 e. The van der Waals surface area contributed by atoms with Gasteiger partial charge in [0.25, 0.3) is 0 Å². The monoisotopic (exact) mass is 464 g/mol. The molecule has 156 valence electrons. The van der Waals surface area contributed by atoms with Crippen molar-refractivity contribution in [2.24, 2.45) is 7.05 Å². The predicted octanol–water partition coefficient (Wildman–Crippen LogP) is 3.92. The molecule has 1 saturated carbocycles. The molecule has 29 heavy (non-hydrogen) atoms. The fourth-order valence-electron chi connectivity index (χ4n) is 2.48. The van der Waals surface area contributed by atoms with E-state index in [1.165, 1.54) is 10.9 Å². The second-order valence-corrected chi connectivity index (χ2v) is 10.3. The summed E-state index contributed by atoms with van der Waals surface area (Å²) in [4.78, 5) is 3.88. The van der Waals surface area contributed by atoms with Gasteiger partial charge in [-0.25, -0.2) is 4.98 Å². The highest BCUT2D eigenvalue weighted by Crippen LogP contribution is 2.38. The third-order valence-corrected chi connectivity index (χ3v) is 7.69. The Morgan fingerprint density at radius 3 is 2.66 bits per heavy atom. The Labute approximate surface area is 173 Å². The maximum atomic E-state index is 12.7. The van der Waals surface area contributed by atoms with Crippen molar-refractivity contribution in [1.29, 1.82) is 5.26 Å². The van der Waals surface area contributed by atoms with E-state index in [1.54, 1.807) is 24.9 Å². The molecule has 0 atom stereocenters. The summed E-state index contributed by atoms with van der Waals surface area (Å²) in [5, 5.41) is 14.7. The molecule has 0 amide bonds. The lowest BCUT2D eigenvalue weighted by Crippen LogP contribution is -2.28. The van der Waals surface area contributed by atoms with Crippen LogP contribution >= 0.6 is 23.5 Å². The van der Waals surface area contributed by atoms with Crippen LogP contribution in [0.3, 0.4) is 0 Å². The minimum atomic E-state index is -5.89. The second kappa shape index (κ2) is 8.45. The number of pyridine rings is 1. The molecule has 0 aliphatic heterocycles. The normalized spacial score (nSPS) is 15.0. The number of thioether (sulfide) groups is 2. The second-order valence-electron chi connectivity index (χ2n) is 6.11. The van der Waals surface area contributed by atoms with Crippen molar-refractivity contribution in [2.45, 2.75) is 35.0 Å². The van der Waals surface area contributed by atoms with Crippen LogP contribution in [0.5, 0.6) is 5.88 Å². The Morgan fingerprint density at radius 2 is 2.14 bits per heavy atom. The first-order valence-electron chi connectivity index (χ1n) is 8.31. The third-order valence-electron chi connectivity index (χ3n) is 4.20. The smallest absolute Gasteiger partial charge is 0.355 e. The zero-order valence-corrected chi connectivity index (χ0v) is 17.5. The van der Waals surface area contributed by atoms with Crippen molar-refractivity contribution in [2.75, 3.05) is 5.08 Å². The third kappa shape index (κ3) is 4.81. The molecule has 13 heteroatoms. The zero-order chi connectivity index (χ0) is 21.2. The number of nitrogens with zero attached hydrogens (tertiary/aromatic N) is 4. The molecule has 2 aromatic rings. The highest BCUT2D eigenvalue weighted by Gasteiger charge is 2.49. The summed E-state index contributed by atoms with van der Waals surface area (Å²) in [5.74, 6) is -0.756. The van der Waals surface area contributed by atoms with Crippen molar-refractivity contribution < 1.29 is 25.8 Å². The van der Waals surface area contributed by atoms with Gasteiger partial charge in [0.2, 0.25) is 5.88 Å². The lowest BCUT2D eigenvalue weighted by Gasteiger charge is -2.24. The number of aryl methyl sites for hydroxylation is 1. The molecule has 2 heterocycles. The van der Waals surface area contributed by atoms with E-state index in [-0.39, 0.29) is 16.2 Å². The Kier molecular flexibility index (Phi) is 6.35. The van der Waals surface area contributed by atoms with E-state index in [4.69, 9.17) is 0 Å². The number of rotatable bonds is 7. The summed E-state index contributed by atoms with van der Waals surface area (Å²) < 4.78 is 66.6. The summed E-state index contributed by atoms with van der Waals surface area (Å²) in [6.07, 6.45) is 4.80. The lowest BCUT2D eigenvalue weighted by atomic mass is 10.0. The highest BCUT2D eigenvalue weighted by molar-refractivity contribution is 8.16. The topological polar surface area (TPSA) is 97.9 Å². The van der Waals surface area contributed by atoms with Crippen molar-refractivity contribution in [3.63, 3.8) is 0 Å². The summed E-state index contributed by atoms with van der Waals surface area (Å²) in [7, 11) is -4.31. The predicted molar refractivity (Wildman–Crippen MR) is 103 cm³/mol. The van der Waals surface area contributed by atoms with Crippen molar-refractivity contribution >= 4 is 33.6 Å². The Morgan fingerprint density at radius 1 is 1.41 bits per heavy atom. The number of alkyl halides is 3. The molecule has 0 spiro atoms. The SMILES string of the molecule is Cn1nccc1-c1cc(OS(=O)(=O)C(F)(F)F)nc(SCSC2CCC2)c1C#N. The Bertz CT molecular complexity index is 1040. The van der Waals surface area contributed by atoms with Crippen molar-refractivity contribution in [3.05, 3.63) is 23.9 Å². The van der Waals surface area contributed by atoms with Crippen LogP contribution in [-0.2, 0) is 17.2 Å². The van der Waals surface area contributed by atoms with Gasteiger partial charge >= 0.3 is 15.6 Å². The lowest BCUT2D eigenvalue weighted by molar-refractivity contribution is -0.0501. The standard InChI is InChI=1S/C16H15F3N4O3S3/c1-23-13(5-6-21-23)11-7-14(26-29(24,25)16(17,18)19)22-15(12(11)8-20)28-9-27-10-3-2-4-10/h5-7,10H,2-4,9H2,1H3. The maximum Gasteiger partial charge on any atom is 0.534 e. The van der Waals surface area contributed by atoms with E-state index in [0.29, 0.717) is 16.0 Å². The van der Waals surface area contributed by atoms with Gasteiger partial charge in [0, 0.05) is 35.2 Å². The van der Waals surface area contributed by atoms with Gasteiger partial charge in [0.05, 0.1) is 11.3 Å². The van der Waals surface area contributed by atoms with E-state index in [9.17, 15) is 26.9 Å². The molecule has 7 nitrogen and oxygen atoms in total. The Hall–Kier alpha value is -1.91. The molecular weight excluding hydrogens is 449 g/mol. The molecule has 0 N–H and O–H groups in total. The zero-order valence-electron chi connectivity index (χ0n) is 15.0. The van der Waals surface area contributed by atoms with Gasteiger partial charge in [-0.1, -0.05) is 18.2 Å². The molecule has 1 aliphatic rings. The summed E-state index contributed by atoms with van der Waals surface area (Å²) in [5.41, 5.74) is -4.88. The molecule has 0 saturated heterocycles. The van der Waals surface area contributed by atoms with Gasteiger partial charge in [-0.3, -0.25) is 4.68 Å². The molecule has 0 unspecified atom stereocenters. The molecule has 0 aromatic carbocycles. The number of halogens is 3. The fourth-order valence-corrected chi connectivity index (χ4v) is 5.49. The molecule has 0 radical (unpaired) electrons. The van der Waals surface area contributed by atoms with Crippen LogP contribution in [0.4, 0.5) is 13.2 Å². The van der Waals surface area contributed by atoms with Crippen molar-refractivity contribution in [1.82, 2.24) is 14.8 Å². The first-order chi connectivity index (χ1) is 13.6. The van der Waals surface area contributed by atoms with E-state index < -0.39 is 21.5 Å². The Balaban J connectivity index is 2.00. The minimum absolute atomic E-state index is 0.102. The number of hydrogen-bond donors (Lipinski definition) is 0. The molecule has 2 aromatic heterocycles. The van der Waals surface area contributed by atoms with Gasteiger partial charge < -0.3 is 4.18 Å². The number of aromatic nitrogens is 3. The summed E-state index contributed by atoms with van der Waals surface area (Å²) >= 11 is 2.82. The van der Waals surface area contributed by atoms with Crippen LogP contribution in [0.2, 0.25) is 0 Å². The van der Waals surface area contributed by atoms with Crippen LogP contribution in [0.25, 0.3) is 11.3 Å². The van der Waals surface area contributed by atoms with E-state index in [0.717, 1.165) is 37.1 Å². The van der Waals surface area contributed by atoms with Crippen molar-refractivity contribution in [3.8, 4) is 23.2 Å². The van der Waals surface area contributed by atoms with Crippen LogP contribution < -0.4 is 4.18 Å². The van der Waals surface area contributed by atoms with Gasteiger partial charge in [-0.15, -0.1) is 11.8 Å². The van der Waals surface area contributed by atoms with Crippen LogP contribution in [-0.4, -0.2) is 39.0 Å². The average molecular weight is 465 g/mol. The van der Waals surface area contributed by atoms with Gasteiger partial charge in [0.15, 0.2) is 0 Å². The van der Waals surface area contributed by atoms with Gasteiger partial charge in [-0.05, 0) is 18.9 Å². The van der Waals surface area contributed by atoms with Gasteiger partial charge in [0.1, 0.15) is 11.1 Å². The first kappa shape index (κ1) is 21.8. The maximum absolute atomic E-state index is 12.7. The molecular formula is C16H15F3N4O3S3. The molecule has 0 bridgehead atoms. The minimum Gasteiger partial charge on any atom is -0.355 e. The summed E-state index contributed by atoms with van der Waals surface area (Å²) in [6.45, 7) is 0. The first-order valence-corrected chi connectivity index (χ1v) is 11.8. The van der Waals surface area contributed by atoms with Crippen LogP contribution in [0, 0.1) is 11.3 Å². The fraction of sp³-hybridized carbons (Fsp3) is 0.438. The highest BCUT2D eigenvalue weighted by atomic mass is 32.2.